The molecule has 0 radical (unpaired) electrons. The van der Waals surface area contributed by atoms with Crippen molar-refractivity contribution >= 4 is 56.7 Å². The van der Waals surface area contributed by atoms with Crippen LogP contribution in [-0.2, 0) is 0 Å². The number of hydrogen-bond donors (Lipinski definition) is 0. The summed E-state index contributed by atoms with van der Waals surface area (Å²) < 4.78 is 0. The average Bonchev–Trinajstić information content (AvgIpc) is 3.57. The molecule has 0 aliphatic heterocycles. The van der Waals surface area contributed by atoms with E-state index in [0.717, 1.165) is 0 Å². The fourth-order valence-electron chi connectivity index (χ4n) is 5.00. The topological polar surface area (TPSA) is 0 Å². The number of hydrogen-bond acceptors (Lipinski definition) is 5. The molecule has 0 atom stereocenters. The first kappa shape index (κ1) is 27.1. The van der Waals surface area contributed by atoms with Gasteiger partial charge in [-0.3, -0.25) is 0 Å². The fraction of sp³-hybridized carbons (Fsp3) is 0.375. The molecule has 194 valence electrons. The second-order valence-electron chi connectivity index (χ2n) is 10.5. The molecule has 0 saturated carbocycles. The summed E-state index contributed by atoms with van der Waals surface area (Å²) in [5.74, 6) is 0. The predicted octanol–water partition coefficient (Wildman–Crippen LogP) is 12.4. The Bertz CT molecular complexity index is 1560. The zero-order valence-electron chi connectivity index (χ0n) is 24.0. The van der Waals surface area contributed by atoms with Crippen LogP contribution in [0.4, 0.5) is 0 Å². The van der Waals surface area contributed by atoms with Gasteiger partial charge >= 0.3 is 0 Å². The molecule has 0 aliphatic rings. The van der Waals surface area contributed by atoms with E-state index in [1.807, 2.05) is 56.7 Å². The molecule has 0 fully saturated rings. The van der Waals surface area contributed by atoms with Crippen LogP contribution in [0.25, 0.3) is 39.0 Å². The lowest BCUT2D eigenvalue weighted by molar-refractivity contribution is 1.34. The molecule has 0 saturated heterocycles. The van der Waals surface area contributed by atoms with Crippen molar-refractivity contribution in [1.82, 2.24) is 0 Å². The molecule has 0 unspecified atom stereocenters. The first-order valence-electron chi connectivity index (χ1n) is 12.8. The molecule has 0 N–H and O–H groups in total. The summed E-state index contributed by atoms with van der Waals surface area (Å²) in [4.78, 5) is 14.6. The smallest absolute Gasteiger partial charge is 0.0484 e. The van der Waals surface area contributed by atoms with Crippen LogP contribution >= 0.6 is 56.7 Å². The minimum absolute atomic E-state index is 1.44. The van der Waals surface area contributed by atoms with Crippen molar-refractivity contribution in [3.8, 4) is 39.0 Å². The minimum atomic E-state index is 1.44. The van der Waals surface area contributed by atoms with Crippen molar-refractivity contribution in [3.05, 3.63) is 65.4 Å². The maximum Gasteiger partial charge on any atom is 0.0484 e. The fourth-order valence-corrected chi connectivity index (χ4v) is 12.3. The largest absolute Gasteiger partial charge is 0.139 e. The lowest BCUT2D eigenvalue weighted by Gasteiger charge is -1.99. The summed E-state index contributed by atoms with van der Waals surface area (Å²) in [7, 11) is 0. The molecule has 5 aromatic heterocycles. The van der Waals surface area contributed by atoms with Crippen LogP contribution in [0, 0.1) is 83.1 Å². The van der Waals surface area contributed by atoms with Crippen LogP contribution in [0.15, 0.2) is 0 Å². The van der Waals surface area contributed by atoms with E-state index in [1.165, 1.54) is 104 Å². The van der Waals surface area contributed by atoms with E-state index in [9.17, 15) is 0 Å². The van der Waals surface area contributed by atoms with Crippen LogP contribution in [-0.4, -0.2) is 0 Å². The van der Waals surface area contributed by atoms with Crippen LogP contribution in [0.2, 0.25) is 0 Å². The van der Waals surface area contributed by atoms with E-state index in [2.05, 4.69) is 83.1 Å². The van der Waals surface area contributed by atoms with E-state index in [4.69, 9.17) is 0 Å². The molecule has 0 bridgehead atoms. The minimum Gasteiger partial charge on any atom is -0.139 e. The quantitative estimate of drug-likeness (QED) is 0.198. The average molecular weight is 581 g/mol. The van der Waals surface area contributed by atoms with Crippen LogP contribution in [0.1, 0.15) is 65.4 Å². The van der Waals surface area contributed by atoms with Gasteiger partial charge in [-0.25, -0.2) is 0 Å². The highest BCUT2D eigenvalue weighted by Crippen LogP contribution is 2.53. The van der Waals surface area contributed by atoms with Gasteiger partial charge in [-0.15, -0.1) is 56.7 Å². The Balaban J connectivity index is 1.65. The SMILES string of the molecule is Cc1sc(-c2sc(-c3sc(-c4sc(-c5sc(C)c(C)c5C)c(C)c4C)c(C)c3C)c(C)c2C)c(C)c1C. The predicted molar refractivity (Wildman–Crippen MR) is 174 cm³/mol. The molecule has 5 heteroatoms. The summed E-state index contributed by atoms with van der Waals surface area (Å²) in [5, 5.41) is 0. The Hall–Kier alpha value is -1.50. The monoisotopic (exact) mass is 580 g/mol. The summed E-state index contributed by atoms with van der Waals surface area (Å²) >= 11 is 9.93. The Kier molecular flexibility index (Phi) is 7.03. The molecule has 37 heavy (non-hydrogen) atoms. The highest BCUT2D eigenvalue weighted by atomic mass is 32.1. The first-order valence-corrected chi connectivity index (χ1v) is 16.9. The van der Waals surface area contributed by atoms with Gasteiger partial charge in [0.15, 0.2) is 0 Å². The van der Waals surface area contributed by atoms with E-state index in [1.54, 1.807) is 0 Å². The normalized spacial score (nSPS) is 11.8. The lowest BCUT2D eigenvalue weighted by atomic mass is 10.0. The molecule has 0 amide bonds. The second kappa shape index (κ2) is 9.60. The first-order chi connectivity index (χ1) is 17.3. The van der Waals surface area contributed by atoms with E-state index in [0.29, 0.717) is 0 Å². The summed E-state index contributed by atoms with van der Waals surface area (Å²) in [6.45, 7) is 27.6. The van der Waals surface area contributed by atoms with Crippen LogP contribution < -0.4 is 0 Å². The number of aryl methyl sites for hydroxylation is 2. The molecular weight excluding hydrogens is 545 g/mol. The highest BCUT2D eigenvalue weighted by Gasteiger charge is 2.26. The van der Waals surface area contributed by atoms with Gasteiger partial charge in [0.2, 0.25) is 0 Å². The summed E-state index contributed by atoms with van der Waals surface area (Å²) in [6, 6.07) is 0. The van der Waals surface area contributed by atoms with Gasteiger partial charge < -0.3 is 0 Å². The zero-order valence-corrected chi connectivity index (χ0v) is 28.1. The van der Waals surface area contributed by atoms with Gasteiger partial charge in [0, 0.05) is 48.8 Å². The molecule has 0 nitrogen and oxygen atoms in total. The van der Waals surface area contributed by atoms with Gasteiger partial charge in [-0.1, -0.05) is 0 Å². The molecule has 5 aromatic rings. The van der Waals surface area contributed by atoms with Crippen LogP contribution in [0.5, 0.6) is 0 Å². The molecule has 0 aromatic carbocycles. The van der Waals surface area contributed by atoms with Crippen molar-refractivity contribution in [3.63, 3.8) is 0 Å². The van der Waals surface area contributed by atoms with Crippen molar-refractivity contribution in [2.75, 3.05) is 0 Å². The van der Waals surface area contributed by atoms with Crippen molar-refractivity contribution in [2.45, 2.75) is 83.1 Å². The van der Waals surface area contributed by atoms with E-state index >= 15 is 0 Å². The summed E-state index contributed by atoms with van der Waals surface area (Å²) in [6.07, 6.45) is 0. The maximum absolute atomic E-state index is 2.33. The number of rotatable bonds is 4. The highest BCUT2D eigenvalue weighted by molar-refractivity contribution is 7.30. The third-order valence-corrected chi connectivity index (χ3v) is 16.0. The second-order valence-corrected chi connectivity index (χ2v) is 16.0. The molecule has 0 aliphatic carbocycles. The Morgan fingerprint density at radius 2 is 0.378 bits per heavy atom. The van der Waals surface area contributed by atoms with Crippen molar-refractivity contribution in [2.24, 2.45) is 0 Å². The molecule has 5 heterocycles. The Morgan fingerprint density at radius 1 is 0.216 bits per heavy atom. The van der Waals surface area contributed by atoms with Gasteiger partial charge in [-0.2, -0.15) is 0 Å². The lowest BCUT2D eigenvalue weighted by Crippen LogP contribution is -1.81. The third-order valence-electron chi connectivity index (χ3n) is 8.54. The zero-order chi connectivity index (χ0) is 27.1. The van der Waals surface area contributed by atoms with Gasteiger partial charge in [0.25, 0.3) is 0 Å². The van der Waals surface area contributed by atoms with E-state index < -0.39 is 0 Å². The van der Waals surface area contributed by atoms with Crippen LogP contribution in [0.3, 0.4) is 0 Å². The Labute approximate surface area is 242 Å². The Morgan fingerprint density at radius 3 is 0.541 bits per heavy atom. The van der Waals surface area contributed by atoms with Gasteiger partial charge in [0.1, 0.15) is 0 Å². The third kappa shape index (κ3) is 4.08. The molecular formula is C32H36S5. The molecule has 5 rings (SSSR count). The standard InChI is InChI=1S/C32H36S5/c1-13-15(3)25(33-23(13)11)27-17(5)19(7)29(35-27)31-21(9)22(10)32(37-31)30-20(8)18(6)28(36-30)26-16(4)14(2)24(12)34-26/h1-12H3. The van der Waals surface area contributed by atoms with Gasteiger partial charge in [-0.05, 0) is 139 Å². The number of thiophene rings is 5. The van der Waals surface area contributed by atoms with Crippen molar-refractivity contribution < 1.29 is 0 Å². The summed E-state index contributed by atoms with van der Waals surface area (Å²) in [5.41, 5.74) is 14.5. The van der Waals surface area contributed by atoms with Crippen molar-refractivity contribution in [1.29, 1.82) is 0 Å². The maximum atomic E-state index is 2.33. The molecule has 0 spiro atoms. The van der Waals surface area contributed by atoms with Gasteiger partial charge in [0.05, 0.1) is 0 Å². The van der Waals surface area contributed by atoms with E-state index in [-0.39, 0.29) is 0 Å².